The Bertz CT molecular complexity index is 273. The minimum atomic E-state index is -1.04. The lowest BCUT2D eigenvalue weighted by Crippen LogP contribution is -2.39. The van der Waals surface area contributed by atoms with Crippen LogP contribution in [0.4, 0.5) is 4.79 Å². The number of amides is 1. The zero-order chi connectivity index (χ0) is 13.6. The van der Waals surface area contributed by atoms with Crippen LogP contribution in [0.2, 0.25) is 0 Å². The van der Waals surface area contributed by atoms with Gasteiger partial charge in [0.1, 0.15) is 12.1 Å². The fourth-order valence-corrected chi connectivity index (χ4v) is 1.57. The molecule has 0 unspecified atom stereocenters. The summed E-state index contributed by atoms with van der Waals surface area (Å²) in [6.45, 7) is 8.88. The summed E-state index contributed by atoms with van der Waals surface area (Å²) in [6, 6.07) is 0. The number of carbonyl (C=O) groups excluding carboxylic acids is 1. The molecule has 0 aliphatic heterocycles. The fourth-order valence-electron chi connectivity index (χ4n) is 0.892. The van der Waals surface area contributed by atoms with Crippen molar-refractivity contribution < 1.29 is 19.4 Å². The molecule has 0 spiro atoms. The molecule has 0 rings (SSSR count). The molecule has 0 aromatic rings. The molecule has 0 heterocycles. The van der Waals surface area contributed by atoms with Gasteiger partial charge in [-0.25, -0.2) is 4.79 Å². The molecule has 0 saturated carbocycles. The second kappa shape index (κ2) is 6.74. The largest absolute Gasteiger partial charge is 0.480 e. The van der Waals surface area contributed by atoms with Crippen molar-refractivity contribution in [2.24, 2.45) is 0 Å². The van der Waals surface area contributed by atoms with E-state index < -0.39 is 17.7 Å². The lowest BCUT2D eigenvalue weighted by molar-refractivity contribution is -0.138. The van der Waals surface area contributed by atoms with Crippen LogP contribution in [0.3, 0.4) is 0 Å². The van der Waals surface area contributed by atoms with E-state index in [0.717, 1.165) is 0 Å². The third-order valence-corrected chi connectivity index (χ3v) is 2.67. The van der Waals surface area contributed by atoms with Gasteiger partial charge >= 0.3 is 12.1 Å². The molecule has 0 aliphatic carbocycles. The van der Waals surface area contributed by atoms with Crippen molar-refractivity contribution in [2.75, 3.05) is 12.4 Å². The summed E-state index contributed by atoms with van der Waals surface area (Å²) in [6.07, 6.45) is -0.590. The van der Waals surface area contributed by atoms with Gasteiger partial charge in [-0.15, -0.1) is 11.8 Å². The molecule has 100 valence electrons. The van der Waals surface area contributed by atoms with Gasteiger partial charge in [-0.1, -0.05) is 13.8 Å². The van der Waals surface area contributed by atoms with Gasteiger partial charge in [0.05, 0.1) is 5.88 Å². The standard InChI is InChI=1S/C11H21NO4S/c1-8(2)17-7-12(6-9(13)14)10(15)16-11(3,4)5/h8H,6-7H2,1-5H3,(H,13,14). The smallest absolute Gasteiger partial charge is 0.411 e. The molecule has 0 saturated heterocycles. The van der Waals surface area contributed by atoms with E-state index >= 15 is 0 Å². The first-order valence-corrected chi connectivity index (χ1v) is 6.48. The highest BCUT2D eigenvalue weighted by Gasteiger charge is 2.23. The third-order valence-electron chi connectivity index (χ3n) is 1.54. The molecule has 1 amide bonds. The average molecular weight is 263 g/mol. The van der Waals surface area contributed by atoms with E-state index in [-0.39, 0.29) is 6.54 Å². The lowest BCUT2D eigenvalue weighted by atomic mass is 10.2. The van der Waals surface area contributed by atoms with Crippen molar-refractivity contribution in [3.8, 4) is 0 Å². The van der Waals surface area contributed by atoms with Gasteiger partial charge in [0.25, 0.3) is 0 Å². The maximum absolute atomic E-state index is 11.7. The maximum atomic E-state index is 11.7. The Kier molecular flexibility index (Phi) is 6.37. The molecule has 6 heteroatoms. The summed E-state index contributed by atoms with van der Waals surface area (Å²) in [5.41, 5.74) is -0.615. The van der Waals surface area contributed by atoms with Gasteiger partial charge in [-0.3, -0.25) is 9.69 Å². The van der Waals surface area contributed by atoms with Gasteiger partial charge in [0, 0.05) is 5.25 Å². The Morgan fingerprint density at radius 3 is 2.24 bits per heavy atom. The van der Waals surface area contributed by atoms with E-state index in [9.17, 15) is 9.59 Å². The molecule has 0 fully saturated rings. The number of nitrogens with zero attached hydrogens (tertiary/aromatic N) is 1. The van der Waals surface area contributed by atoms with Crippen molar-refractivity contribution in [3.05, 3.63) is 0 Å². The highest BCUT2D eigenvalue weighted by atomic mass is 32.2. The minimum Gasteiger partial charge on any atom is -0.480 e. The van der Waals surface area contributed by atoms with E-state index in [0.29, 0.717) is 11.1 Å². The predicted octanol–water partition coefficient (Wildman–Crippen LogP) is 2.41. The monoisotopic (exact) mass is 263 g/mol. The summed E-state index contributed by atoms with van der Waals surface area (Å²) >= 11 is 1.50. The van der Waals surface area contributed by atoms with Crippen LogP contribution in [0.5, 0.6) is 0 Å². The number of carboxylic acid groups (broad SMARTS) is 1. The van der Waals surface area contributed by atoms with Crippen molar-refractivity contribution in [2.45, 2.75) is 45.5 Å². The normalized spacial score (nSPS) is 11.4. The highest BCUT2D eigenvalue weighted by Crippen LogP contribution is 2.15. The molecular weight excluding hydrogens is 242 g/mol. The van der Waals surface area contributed by atoms with Crippen molar-refractivity contribution in [3.63, 3.8) is 0 Å². The maximum Gasteiger partial charge on any atom is 0.411 e. The van der Waals surface area contributed by atoms with Gasteiger partial charge in [0.2, 0.25) is 0 Å². The zero-order valence-corrected chi connectivity index (χ0v) is 11.8. The van der Waals surface area contributed by atoms with E-state index in [1.807, 2.05) is 13.8 Å². The number of hydrogen-bond acceptors (Lipinski definition) is 4. The summed E-state index contributed by atoms with van der Waals surface area (Å²) < 4.78 is 5.14. The van der Waals surface area contributed by atoms with Crippen molar-refractivity contribution >= 4 is 23.8 Å². The zero-order valence-electron chi connectivity index (χ0n) is 11.0. The number of aliphatic carboxylic acids is 1. The van der Waals surface area contributed by atoms with Crippen molar-refractivity contribution in [1.29, 1.82) is 0 Å². The Morgan fingerprint density at radius 1 is 1.35 bits per heavy atom. The van der Waals surface area contributed by atoms with Gasteiger partial charge < -0.3 is 9.84 Å². The molecule has 0 atom stereocenters. The number of thioether (sulfide) groups is 1. The number of ether oxygens (including phenoxy) is 1. The molecule has 0 aliphatic rings. The number of rotatable bonds is 5. The molecule has 0 aromatic heterocycles. The van der Waals surface area contributed by atoms with Crippen molar-refractivity contribution in [1.82, 2.24) is 4.90 Å². The summed E-state index contributed by atoms with van der Waals surface area (Å²) in [7, 11) is 0. The Balaban J connectivity index is 4.45. The van der Waals surface area contributed by atoms with E-state index in [1.165, 1.54) is 16.7 Å². The average Bonchev–Trinajstić information content (AvgIpc) is 2.08. The first-order chi connectivity index (χ1) is 7.61. The third kappa shape index (κ3) is 8.85. The van der Waals surface area contributed by atoms with E-state index in [4.69, 9.17) is 9.84 Å². The van der Waals surface area contributed by atoms with Gasteiger partial charge in [-0.2, -0.15) is 0 Å². The molecular formula is C11H21NO4S. The molecule has 0 aromatic carbocycles. The molecule has 17 heavy (non-hydrogen) atoms. The van der Waals surface area contributed by atoms with Crippen LogP contribution in [0, 0.1) is 0 Å². The van der Waals surface area contributed by atoms with E-state index in [2.05, 4.69) is 0 Å². The molecule has 0 radical (unpaired) electrons. The first-order valence-electron chi connectivity index (χ1n) is 5.43. The number of carboxylic acids is 1. The SMILES string of the molecule is CC(C)SCN(CC(=O)O)C(=O)OC(C)(C)C. The molecule has 5 nitrogen and oxygen atoms in total. The number of hydrogen-bond donors (Lipinski definition) is 1. The summed E-state index contributed by atoms with van der Waals surface area (Å²) in [5, 5.41) is 9.07. The Morgan fingerprint density at radius 2 is 1.88 bits per heavy atom. The second-order valence-electron chi connectivity index (χ2n) is 4.92. The van der Waals surface area contributed by atoms with Crippen LogP contribution < -0.4 is 0 Å². The topological polar surface area (TPSA) is 66.8 Å². The summed E-state index contributed by atoms with van der Waals surface area (Å²) in [4.78, 5) is 23.6. The highest BCUT2D eigenvalue weighted by molar-refractivity contribution is 7.99. The summed E-state index contributed by atoms with van der Waals surface area (Å²) in [5.74, 6) is -0.723. The minimum absolute atomic E-state index is 0.318. The molecule has 0 bridgehead atoms. The van der Waals surface area contributed by atoms with E-state index in [1.54, 1.807) is 20.8 Å². The molecule has 1 N–H and O–H groups in total. The van der Waals surface area contributed by atoms with Crippen LogP contribution in [-0.2, 0) is 9.53 Å². The van der Waals surface area contributed by atoms with Crippen LogP contribution >= 0.6 is 11.8 Å². The Labute approximate surface area is 107 Å². The lowest BCUT2D eigenvalue weighted by Gasteiger charge is -2.26. The second-order valence-corrected chi connectivity index (χ2v) is 6.45. The van der Waals surface area contributed by atoms with Crippen LogP contribution in [0.15, 0.2) is 0 Å². The Hall–Kier alpha value is -0.910. The van der Waals surface area contributed by atoms with Crippen LogP contribution in [0.25, 0.3) is 0 Å². The van der Waals surface area contributed by atoms with Gasteiger partial charge in [0.15, 0.2) is 0 Å². The predicted molar refractivity (Wildman–Crippen MR) is 68.2 cm³/mol. The van der Waals surface area contributed by atoms with Crippen LogP contribution in [-0.4, -0.2) is 45.3 Å². The van der Waals surface area contributed by atoms with Crippen LogP contribution in [0.1, 0.15) is 34.6 Å². The fraction of sp³-hybridized carbons (Fsp3) is 0.818. The van der Waals surface area contributed by atoms with Gasteiger partial charge in [-0.05, 0) is 20.8 Å². The quantitative estimate of drug-likeness (QED) is 0.771. The number of carbonyl (C=O) groups is 2. The first kappa shape index (κ1) is 16.1.